The van der Waals surface area contributed by atoms with E-state index in [9.17, 15) is 0 Å². The molecule has 1 aliphatic heterocycles. The van der Waals surface area contributed by atoms with Crippen LogP contribution in [0, 0.1) is 0 Å². The van der Waals surface area contributed by atoms with Crippen LogP contribution in [0.5, 0.6) is 0 Å². The fourth-order valence-electron chi connectivity index (χ4n) is 1.57. The van der Waals surface area contributed by atoms with Crippen molar-refractivity contribution in [3.05, 3.63) is 28.7 Å². The lowest BCUT2D eigenvalue weighted by Crippen LogP contribution is -2.43. The molecule has 1 heterocycles. The van der Waals surface area contributed by atoms with Gasteiger partial charge >= 0.3 is 0 Å². The second-order valence-corrected chi connectivity index (χ2v) is 4.13. The number of nitrogens with one attached hydrogen (secondary N) is 1. The molecule has 0 saturated carbocycles. The fraction of sp³-hybridized carbons (Fsp3) is 0.400. The summed E-state index contributed by atoms with van der Waals surface area (Å²) in [6.07, 6.45) is 0. The van der Waals surface area contributed by atoms with Gasteiger partial charge in [0.2, 0.25) is 0 Å². The zero-order valence-corrected chi connectivity index (χ0v) is 10.3. The lowest BCUT2D eigenvalue weighted by molar-refractivity contribution is 0.589. The van der Waals surface area contributed by atoms with E-state index < -0.39 is 0 Å². The Morgan fingerprint density at radius 3 is 2.21 bits per heavy atom. The van der Waals surface area contributed by atoms with Crippen molar-refractivity contribution in [1.29, 1.82) is 0 Å². The summed E-state index contributed by atoms with van der Waals surface area (Å²) < 4.78 is 1.14. The maximum atomic E-state index is 3.44. The summed E-state index contributed by atoms with van der Waals surface area (Å²) >= 11 is 3.44. The van der Waals surface area contributed by atoms with Gasteiger partial charge in [-0.3, -0.25) is 0 Å². The van der Waals surface area contributed by atoms with Crippen molar-refractivity contribution in [3.8, 4) is 0 Å². The molecule has 0 amide bonds. The van der Waals surface area contributed by atoms with E-state index in [2.05, 4.69) is 50.4 Å². The van der Waals surface area contributed by atoms with Crippen molar-refractivity contribution in [1.82, 2.24) is 5.32 Å². The molecule has 2 nitrogen and oxygen atoms in total. The number of piperazine rings is 1. The first kappa shape index (κ1) is 11.8. The first-order valence-electron chi connectivity index (χ1n) is 4.57. The summed E-state index contributed by atoms with van der Waals surface area (Å²) in [6.45, 7) is 4.41. The first-order chi connectivity index (χ1) is 6.36. The van der Waals surface area contributed by atoms with Crippen molar-refractivity contribution in [2.24, 2.45) is 0 Å². The van der Waals surface area contributed by atoms with E-state index in [0.717, 1.165) is 30.7 Å². The highest BCUT2D eigenvalue weighted by molar-refractivity contribution is 9.10. The van der Waals surface area contributed by atoms with Crippen LogP contribution in [0.15, 0.2) is 28.7 Å². The molecule has 0 atom stereocenters. The highest BCUT2D eigenvalue weighted by atomic mass is 79.9. The van der Waals surface area contributed by atoms with Gasteiger partial charge in [-0.25, -0.2) is 0 Å². The van der Waals surface area contributed by atoms with Gasteiger partial charge in [0.05, 0.1) is 0 Å². The van der Waals surface area contributed by atoms with Gasteiger partial charge < -0.3 is 10.2 Å². The van der Waals surface area contributed by atoms with Gasteiger partial charge in [-0.05, 0) is 24.3 Å². The average molecular weight is 278 g/mol. The van der Waals surface area contributed by atoms with Crippen molar-refractivity contribution in [2.45, 2.75) is 0 Å². The fourth-order valence-corrected chi connectivity index (χ4v) is 1.84. The van der Waals surface area contributed by atoms with Gasteiger partial charge in [0, 0.05) is 36.3 Å². The number of nitrogens with zero attached hydrogens (tertiary/aromatic N) is 1. The Labute approximate surface area is 99.2 Å². The highest BCUT2D eigenvalue weighted by Crippen LogP contribution is 2.18. The minimum Gasteiger partial charge on any atom is -0.369 e. The normalized spacial score (nSPS) is 16.2. The summed E-state index contributed by atoms with van der Waals surface area (Å²) in [4.78, 5) is 2.41. The molecule has 1 aliphatic rings. The number of rotatable bonds is 1. The summed E-state index contributed by atoms with van der Waals surface area (Å²) in [7, 11) is 0. The van der Waals surface area contributed by atoms with Gasteiger partial charge in [0.1, 0.15) is 0 Å². The van der Waals surface area contributed by atoms with Gasteiger partial charge in [-0.1, -0.05) is 15.9 Å². The molecular weight excluding hydrogens is 263 g/mol. The molecule has 0 unspecified atom stereocenters. The van der Waals surface area contributed by atoms with E-state index in [4.69, 9.17) is 0 Å². The molecule has 0 bridgehead atoms. The van der Waals surface area contributed by atoms with E-state index in [1.807, 2.05) is 0 Å². The zero-order valence-electron chi connectivity index (χ0n) is 7.87. The lowest BCUT2D eigenvalue weighted by Gasteiger charge is -2.29. The average Bonchev–Trinajstić information content (AvgIpc) is 2.20. The Bertz CT molecular complexity index is 270. The van der Waals surface area contributed by atoms with E-state index in [1.165, 1.54) is 5.69 Å². The van der Waals surface area contributed by atoms with Crippen molar-refractivity contribution >= 4 is 34.0 Å². The molecule has 0 spiro atoms. The molecule has 1 saturated heterocycles. The molecule has 14 heavy (non-hydrogen) atoms. The predicted molar refractivity (Wildman–Crippen MR) is 66.5 cm³/mol. The second kappa shape index (κ2) is 5.59. The van der Waals surface area contributed by atoms with Crippen LogP contribution in [-0.4, -0.2) is 26.2 Å². The van der Waals surface area contributed by atoms with Gasteiger partial charge in [0.15, 0.2) is 0 Å². The molecular formula is C10H14BrClN2. The Morgan fingerprint density at radius 1 is 1.07 bits per heavy atom. The van der Waals surface area contributed by atoms with Gasteiger partial charge in [-0.2, -0.15) is 0 Å². The van der Waals surface area contributed by atoms with E-state index in [-0.39, 0.29) is 12.4 Å². The molecule has 0 radical (unpaired) electrons. The number of hydrogen-bond donors (Lipinski definition) is 1. The van der Waals surface area contributed by atoms with Crippen LogP contribution in [0.25, 0.3) is 0 Å². The molecule has 1 fully saturated rings. The molecule has 78 valence electrons. The number of halogens is 2. The molecule has 1 aromatic carbocycles. The van der Waals surface area contributed by atoms with Crippen LogP contribution in [-0.2, 0) is 0 Å². The monoisotopic (exact) mass is 276 g/mol. The van der Waals surface area contributed by atoms with Crippen LogP contribution >= 0.6 is 28.3 Å². The SMILES string of the molecule is Brc1ccc(N2CCNCC2)cc1.Cl. The van der Waals surface area contributed by atoms with Gasteiger partial charge in [0.25, 0.3) is 0 Å². The summed E-state index contributed by atoms with van der Waals surface area (Å²) in [5.74, 6) is 0. The third-order valence-electron chi connectivity index (χ3n) is 2.31. The van der Waals surface area contributed by atoms with Crippen LogP contribution in [0.3, 0.4) is 0 Å². The van der Waals surface area contributed by atoms with Crippen molar-refractivity contribution in [2.75, 3.05) is 31.1 Å². The third-order valence-corrected chi connectivity index (χ3v) is 2.84. The second-order valence-electron chi connectivity index (χ2n) is 3.21. The Hall–Kier alpha value is -0.250. The molecule has 1 N–H and O–H groups in total. The molecule has 0 aliphatic carbocycles. The van der Waals surface area contributed by atoms with Crippen molar-refractivity contribution in [3.63, 3.8) is 0 Å². The lowest BCUT2D eigenvalue weighted by atomic mass is 10.2. The zero-order chi connectivity index (χ0) is 9.10. The minimum atomic E-state index is 0. The summed E-state index contributed by atoms with van der Waals surface area (Å²) in [6, 6.07) is 8.51. The molecule has 4 heteroatoms. The molecule has 1 aromatic rings. The Kier molecular flexibility index (Phi) is 4.72. The number of benzene rings is 1. The third kappa shape index (κ3) is 2.87. The van der Waals surface area contributed by atoms with Crippen LogP contribution in [0.2, 0.25) is 0 Å². The Morgan fingerprint density at radius 2 is 1.64 bits per heavy atom. The first-order valence-corrected chi connectivity index (χ1v) is 5.37. The maximum Gasteiger partial charge on any atom is 0.0367 e. The van der Waals surface area contributed by atoms with Crippen molar-refractivity contribution < 1.29 is 0 Å². The quantitative estimate of drug-likeness (QED) is 0.847. The van der Waals surface area contributed by atoms with E-state index >= 15 is 0 Å². The van der Waals surface area contributed by atoms with E-state index in [1.54, 1.807) is 0 Å². The summed E-state index contributed by atoms with van der Waals surface area (Å²) in [5, 5.41) is 3.34. The van der Waals surface area contributed by atoms with Crippen LogP contribution in [0.4, 0.5) is 5.69 Å². The maximum absolute atomic E-state index is 3.44. The predicted octanol–water partition coefficient (Wildman–Crippen LogP) is 2.28. The van der Waals surface area contributed by atoms with Crippen LogP contribution in [0.1, 0.15) is 0 Å². The van der Waals surface area contributed by atoms with E-state index in [0.29, 0.717) is 0 Å². The standard InChI is InChI=1S/C10H13BrN2.ClH/c11-9-1-3-10(4-2-9)13-7-5-12-6-8-13;/h1-4,12H,5-8H2;1H. The highest BCUT2D eigenvalue weighted by Gasteiger charge is 2.09. The number of hydrogen-bond acceptors (Lipinski definition) is 2. The largest absolute Gasteiger partial charge is 0.369 e. The topological polar surface area (TPSA) is 15.3 Å². The number of anilines is 1. The van der Waals surface area contributed by atoms with Crippen LogP contribution < -0.4 is 10.2 Å². The van der Waals surface area contributed by atoms with Gasteiger partial charge in [-0.15, -0.1) is 12.4 Å². The smallest absolute Gasteiger partial charge is 0.0367 e. The molecule has 2 rings (SSSR count). The minimum absolute atomic E-state index is 0. The molecule has 0 aromatic heterocycles. The Balaban J connectivity index is 0.000000980. The summed E-state index contributed by atoms with van der Waals surface area (Å²) in [5.41, 5.74) is 1.32.